The minimum atomic E-state index is -2.80. The zero-order chi connectivity index (χ0) is 40.9. The van der Waals surface area contributed by atoms with E-state index in [2.05, 4.69) is 184 Å². The van der Waals surface area contributed by atoms with E-state index in [1.54, 1.807) is 0 Å². The molecular formula is C48H70O5Si2. The summed E-state index contributed by atoms with van der Waals surface area (Å²) in [6.45, 7) is 38.0. The van der Waals surface area contributed by atoms with Crippen molar-refractivity contribution in [2.24, 2.45) is 0 Å². The number of benzene rings is 4. The Balaban J connectivity index is 2.36. The van der Waals surface area contributed by atoms with E-state index in [9.17, 15) is 0 Å². The van der Waals surface area contributed by atoms with Gasteiger partial charge in [0, 0.05) is 20.7 Å². The Labute approximate surface area is 337 Å². The molecule has 0 bridgehead atoms. The van der Waals surface area contributed by atoms with Gasteiger partial charge in [0.1, 0.15) is 23.0 Å². The van der Waals surface area contributed by atoms with Crippen LogP contribution in [0.1, 0.15) is 133 Å². The predicted molar refractivity (Wildman–Crippen MR) is 239 cm³/mol. The normalized spacial score (nSPS) is 12.7. The maximum absolute atomic E-state index is 8.44. The van der Waals surface area contributed by atoms with Crippen LogP contribution < -0.4 is 39.7 Å². The number of rotatable bonds is 14. The van der Waals surface area contributed by atoms with Crippen LogP contribution in [-0.2, 0) is 25.8 Å². The highest BCUT2D eigenvalue weighted by atomic mass is 28.4. The third kappa shape index (κ3) is 10.1. The van der Waals surface area contributed by atoms with Crippen molar-refractivity contribution in [3.63, 3.8) is 0 Å². The summed E-state index contributed by atoms with van der Waals surface area (Å²) in [5.41, 5.74) is 4.14. The minimum absolute atomic E-state index is 0.198. The lowest BCUT2D eigenvalue weighted by atomic mass is 9.86. The van der Waals surface area contributed by atoms with Crippen LogP contribution in [0.3, 0.4) is 0 Å². The summed E-state index contributed by atoms with van der Waals surface area (Å²) >= 11 is 0. The second kappa shape index (κ2) is 17.7. The highest BCUT2D eigenvalue weighted by molar-refractivity contribution is 6.93. The molecule has 0 saturated carbocycles. The SMILES string of the molecule is CCOc1cccc(C(C)(C)C)c1[SiH](O[SiH](c1c(OCC)cccc1C(C)(C)C)c1c(OCC)cccc1C(C)(C)C)c1c(OCC)cccc1C(C)(C)C. The fourth-order valence-corrected chi connectivity index (χ4v) is 16.5. The molecule has 0 atom stereocenters. The molecule has 0 saturated heterocycles. The third-order valence-corrected chi connectivity index (χ3v) is 16.7. The summed E-state index contributed by atoms with van der Waals surface area (Å²) in [5.74, 6) is 3.53. The molecule has 0 aromatic heterocycles. The molecule has 300 valence electrons. The number of hydrogen-bond donors (Lipinski definition) is 0. The first kappa shape index (κ1) is 44.2. The van der Waals surface area contributed by atoms with E-state index in [4.69, 9.17) is 23.1 Å². The minimum Gasteiger partial charge on any atom is -0.494 e. The molecule has 0 fully saturated rings. The zero-order valence-electron chi connectivity index (χ0n) is 37.0. The Kier molecular flexibility index (Phi) is 14.2. The molecule has 0 aliphatic carbocycles. The lowest BCUT2D eigenvalue weighted by molar-refractivity contribution is 0.339. The molecule has 4 aromatic rings. The van der Waals surface area contributed by atoms with E-state index >= 15 is 0 Å². The molecule has 4 rings (SSSR count). The Morgan fingerprint density at radius 1 is 0.345 bits per heavy atom. The van der Waals surface area contributed by atoms with Crippen molar-refractivity contribution in [3.05, 3.63) is 95.1 Å². The number of hydrogen-bond acceptors (Lipinski definition) is 5. The van der Waals surface area contributed by atoms with Gasteiger partial charge in [0.2, 0.25) is 18.1 Å². The number of ether oxygens (including phenoxy) is 4. The Morgan fingerprint density at radius 2 is 0.545 bits per heavy atom. The van der Waals surface area contributed by atoms with Crippen molar-refractivity contribution in [3.8, 4) is 23.0 Å². The first-order valence-corrected chi connectivity index (χ1v) is 23.7. The van der Waals surface area contributed by atoms with Crippen LogP contribution in [0.15, 0.2) is 72.8 Å². The third-order valence-electron chi connectivity index (χ3n) is 10.0. The molecule has 4 aromatic carbocycles. The van der Waals surface area contributed by atoms with Crippen molar-refractivity contribution < 1.29 is 23.1 Å². The van der Waals surface area contributed by atoms with E-state index in [0.29, 0.717) is 26.4 Å². The van der Waals surface area contributed by atoms with Crippen LogP contribution >= 0.6 is 0 Å². The Bertz CT molecular complexity index is 1620. The van der Waals surface area contributed by atoms with Crippen molar-refractivity contribution >= 4 is 38.8 Å². The van der Waals surface area contributed by atoms with Gasteiger partial charge < -0.3 is 23.1 Å². The van der Waals surface area contributed by atoms with Crippen LogP contribution in [0.25, 0.3) is 0 Å². The van der Waals surface area contributed by atoms with Gasteiger partial charge in [0.25, 0.3) is 0 Å². The van der Waals surface area contributed by atoms with Crippen molar-refractivity contribution in [1.29, 1.82) is 0 Å². The highest BCUT2D eigenvalue weighted by Gasteiger charge is 2.42. The molecular weight excluding hydrogens is 713 g/mol. The second-order valence-corrected chi connectivity index (χ2v) is 23.4. The molecule has 0 unspecified atom stereocenters. The topological polar surface area (TPSA) is 46.2 Å². The molecule has 7 heteroatoms. The molecule has 0 N–H and O–H groups in total. The Hall–Kier alpha value is -3.53. The maximum atomic E-state index is 8.44. The van der Waals surface area contributed by atoms with E-state index in [1.807, 2.05) is 0 Å². The summed E-state index contributed by atoms with van der Waals surface area (Å²) in [6.07, 6.45) is 0. The first-order valence-electron chi connectivity index (χ1n) is 20.4. The summed E-state index contributed by atoms with van der Waals surface area (Å²) < 4.78 is 35.1. The van der Waals surface area contributed by atoms with Crippen molar-refractivity contribution in [2.45, 2.75) is 132 Å². The monoisotopic (exact) mass is 782 g/mol. The summed E-state index contributed by atoms with van der Waals surface area (Å²) in [5, 5.41) is 4.68. The largest absolute Gasteiger partial charge is 0.494 e. The quantitative estimate of drug-likeness (QED) is 0.120. The van der Waals surface area contributed by atoms with E-state index in [0.717, 1.165) is 23.0 Å². The Morgan fingerprint density at radius 3 is 0.709 bits per heavy atom. The lowest BCUT2D eigenvalue weighted by Gasteiger charge is -2.38. The van der Waals surface area contributed by atoms with Gasteiger partial charge in [-0.05, 0) is 95.9 Å². The molecule has 0 aliphatic rings. The fourth-order valence-electron chi connectivity index (χ4n) is 7.70. The van der Waals surface area contributed by atoms with Gasteiger partial charge in [-0.3, -0.25) is 0 Å². The molecule has 0 spiro atoms. The molecule has 0 radical (unpaired) electrons. The summed E-state index contributed by atoms with van der Waals surface area (Å²) in [4.78, 5) is 0. The first-order chi connectivity index (χ1) is 25.7. The fraction of sp³-hybridized carbons (Fsp3) is 0.500. The van der Waals surface area contributed by atoms with Crippen molar-refractivity contribution in [2.75, 3.05) is 26.4 Å². The highest BCUT2D eigenvalue weighted by Crippen LogP contribution is 2.33. The zero-order valence-corrected chi connectivity index (χ0v) is 39.3. The van der Waals surface area contributed by atoms with Gasteiger partial charge in [-0.2, -0.15) is 0 Å². The van der Waals surface area contributed by atoms with E-state index in [-0.39, 0.29) is 21.7 Å². The van der Waals surface area contributed by atoms with Crippen LogP contribution in [-0.4, -0.2) is 44.5 Å². The standard InChI is InChI=1S/C48H70O5Si2/c1-17-49-37-29-21-25-33(45(5,6)7)41(37)54(42-34(46(8,9)10)26-22-30-38(42)50-18-2)53-55(43-35(47(11,12)13)27-23-31-39(43)51-19-3)44-36(48(14,15)16)28-24-32-40(44)52-20-4/h21-32,54-55H,17-20H2,1-16H3. The second-order valence-electron chi connectivity index (χ2n) is 18.5. The van der Waals surface area contributed by atoms with Crippen LogP contribution in [0.2, 0.25) is 0 Å². The van der Waals surface area contributed by atoms with Crippen molar-refractivity contribution in [1.82, 2.24) is 0 Å². The van der Waals surface area contributed by atoms with Gasteiger partial charge in [0.15, 0.2) is 0 Å². The lowest BCUT2D eigenvalue weighted by Crippen LogP contribution is -2.61. The van der Waals surface area contributed by atoms with Gasteiger partial charge in [-0.25, -0.2) is 0 Å². The molecule has 0 aliphatic heterocycles. The smallest absolute Gasteiger partial charge is 0.236 e. The maximum Gasteiger partial charge on any atom is 0.236 e. The van der Waals surface area contributed by atoms with Gasteiger partial charge in [-0.1, -0.05) is 132 Å². The molecule has 0 heterocycles. The van der Waals surface area contributed by atoms with E-state index in [1.165, 1.54) is 43.0 Å². The molecule has 0 amide bonds. The average molecular weight is 783 g/mol. The van der Waals surface area contributed by atoms with Gasteiger partial charge in [0.05, 0.1) is 26.4 Å². The van der Waals surface area contributed by atoms with Crippen LogP contribution in [0, 0.1) is 0 Å². The summed E-state index contributed by atoms with van der Waals surface area (Å²) in [7, 11) is -5.60. The van der Waals surface area contributed by atoms with Crippen LogP contribution in [0.5, 0.6) is 23.0 Å². The summed E-state index contributed by atoms with van der Waals surface area (Å²) in [6, 6.07) is 26.2. The molecule has 5 nitrogen and oxygen atoms in total. The van der Waals surface area contributed by atoms with E-state index < -0.39 is 18.1 Å². The van der Waals surface area contributed by atoms with Gasteiger partial charge in [-0.15, -0.1) is 0 Å². The molecule has 55 heavy (non-hydrogen) atoms. The van der Waals surface area contributed by atoms with Gasteiger partial charge >= 0.3 is 0 Å². The average Bonchev–Trinajstić information content (AvgIpc) is 3.08. The predicted octanol–water partition coefficient (Wildman–Crippen LogP) is 8.86. The van der Waals surface area contributed by atoms with Crippen LogP contribution in [0.4, 0.5) is 0 Å².